The Labute approximate surface area is 145 Å². The van der Waals surface area contributed by atoms with Crippen LogP contribution in [0.1, 0.15) is 22.2 Å². The van der Waals surface area contributed by atoms with Gasteiger partial charge in [-0.3, -0.25) is 4.79 Å². The van der Waals surface area contributed by atoms with Crippen LogP contribution in [0, 0.1) is 5.82 Å². The molecular formula is C16H16FN3O4S. The summed E-state index contributed by atoms with van der Waals surface area (Å²) in [6, 6.07) is 2.62. The van der Waals surface area contributed by atoms with Gasteiger partial charge in [0.05, 0.1) is 22.8 Å². The maximum absolute atomic E-state index is 14.6. The van der Waals surface area contributed by atoms with Crippen molar-refractivity contribution in [3.05, 3.63) is 33.7 Å². The number of aliphatic hydroxyl groups is 1. The van der Waals surface area contributed by atoms with E-state index in [0.29, 0.717) is 29.3 Å². The highest BCUT2D eigenvalue weighted by molar-refractivity contribution is 8.00. The second-order valence-electron chi connectivity index (χ2n) is 6.26. The summed E-state index contributed by atoms with van der Waals surface area (Å²) in [4.78, 5) is 25.8. The molecule has 1 aromatic heterocycles. The molecule has 2 aromatic rings. The number of aromatic nitrogens is 1. The van der Waals surface area contributed by atoms with Crippen LogP contribution in [0.15, 0.2) is 22.0 Å². The van der Waals surface area contributed by atoms with Crippen LogP contribution in [0.2, 0.25) is 0 Å². The number of nitrogens with two attached hydrogens (primary N) is 1. The second kappa shape index (κ2) is 5.72. The van der Waals surface area contributed by atoms with Crippen LogP contribution >= 0.6 is 11.8 Å². The molecule has 0 saturated carbocycles. The van der Waals surface area contributed by atoms with Gasteiger partial charge in [0, 0.05) is 24.5 Å². The van der Waals surface area contributed by atoms with Crippen molar-refractivity contribution in [2.75, 3.05) is 24.6 Å². The minimum atomic E-state index is -1.35. The Morgan fingerprint density at radius 2 is 2.20 bits per heavy atom. The first kappa shape index (κ1) is 16.4. The van der Waals surface area contributed by atoms with Gasteiger partial charge in [-0.1, -0.05) is 11.8 Å². The SMILES string of the molecule is NC1CCN(c2cc3c(cc2F)c(=O)c(C(=O)O)c2n3C(CO)S2)C1. The zero-order valence-electron chi connectivity index (χ0n) is 13.1. The lowest BCUT2D eigenvalue weighted by Gasteiger charge is -2.34. The molecule has 0 radical (unpaired) electrons. The van der Waals surface area contributed by atoms with Gasteiger partial charge in [0.1, 0.15) is 16.8 Å². The Hall–Kier alpha value is -2.10. The lowest BCUT2D eigenvalue weighted by Crippen LogP contribution is -2.31. The Morgan fingerprint density at radius 3 is 2.80 bits per heavy atom. The fourth-order valence-corrected chi connectivity index (χ4v) is 4.62. The number of carboxylic acids is 1. The first-order valence-corrected chi connectivity index (χ1v) is 8.73. The number of rotatable bonds is 3. The Morgan fingerprint density at radius 1 is 1.44 bits per heavy atom. The van der Waals surface area contributed by atoms with Gasteiger partial charge in [-0.05, 0) is 18.6 Å². The van der Waals surface area contributed by atoms with Crippen molar-refractivity contribution in [1.82, 2.24) is 4.57 Å². The minimum absolute atomic E-state index is 0.00430. The zero-order chi connectivity index (χ0) is 17.9. The van der Waals surface area contributed by atoms with E-state index in [2.05, 4.69) is 0 Å². The summed E-state index contributed by atoms with van der Waals surface area (Å²) in [6.45, 7) is 0.924. The van der Waals surface area contributed by atoms with E-state index in [-0.39, 0.29) is 23.6 Å². The van der Waals surface area contributed by atoms with E-state index in [1.54, 1.807) is 10.6 Å². The Bertz CT molecular complexity index is 961. The third kappa shape index (κ3) is 2.34. The average molecular weight is 365 g/mol. The highest BCUT2D eigenvalue weighted by Crippen LogP contribution is 2.46. The number of carboxylic acid groups (broad SMARTS) is 1. The smallest absolute Gasteiger partial charge is 0.342 e. The maximum Gasteiger partial charge on any atom is 0.342 e. The normalized spacial score (nSPS) is 22.1. The fraction of sp³-hybridized carbons (Fsp3) is 0.375. The van der Waals surface area contributed by atoms with Crippen LogP contribution in [0.3, 0.4) is 0 Å². The molecule has 2 aliphatic heterocycles. The molecule has 0 aliphatic carbocycles. The number of hydrogen-bond acceptors (Lipinski definition) is 6. The van der Waals surface area contributed by atoms with Gasteiger partial charge < -0.3 is 25.4 Å². The largest absolute Gasteiger partial charge is 0.477 e. The van der Waals surface area contributed by atoms with Gasteiger partial charge >= 0.3 is 5.97 Å². The molecule has 3 heterocycles. The summed E-state index contributed by atoms with van der Waals surface area (Å²) < 4.78 is 16.2. The molecule has 0 amide bonds. The van der Waals surface area contributed by atoms with E-state index in [9.17, 15) is 24.2 Å². The number of hydrogen-bond donors (Lipinski definition) is 3. The molecule has 7 nitrogen and oxygen atoms in total. The number of aliphatic hydroxyl groups excluding tert-OH is 1. The molecule has 2 unspecified atom stereocenters. The predicted molar refractivity (Wildman–Crippen MR) is 91.9 cm³/mol. The third-order valence-corrected chi connectivity index (χ3v) is 5.96. The summed E-state index contributed by atoms with van der Waals surface area (Å²) in [5, 5.41) is 18.7. The number of fused-ring (bicyclic) bond motifs is 3. The van der Waals surface area contributed by atoms with Crippen molar-refractivity contribution in [3.8, 4) is 0 Å². The molecule has 0 bridgehead atoms. The predicted octanol–water partition coefficient (Wildman–Crippen LogP) is 0.973. The van der Waals surface area contributed by atoms with Gasteiger partial charge in [-0.2, -0.15) is 0 Å². The number of anilines is 1. The molecule has 1 fully saturated rings. The minimum Gasteiger partial charge on any atom is -0.477 e. The molecule has 4 rings (SSSR count). The van der Waals surface area contributed by atoms with Crippen molar-refractivity contribution in [2.45, 2.75) is 22.9 Å². The van der Waals surface area contributed by atoms with Crippen molar-refractivity contribution in [2.24, 2.45) is 5.73 Å². The summed E-state index contributed by atoms with van der Waals surface area (Å²) in [5.41, 5.74) is 5.58. The first-order chi connectivity index (χ1) is 11.9. The second-order valence-corrected chi connectivity index (χ2v) is 7.42. The van der Waals surface area contributed by atoms with E-state index in [1.165, 1.54) is 0 Å². The highest BCUT2D eigenvalue weighted by Gasteiger charge is 2.35. The van der Waals surface area contributed by atoms with E-state index in [4.69, 9.17) is 5.73 Å². The lowest BCUT2D eigenvalue weighted by molar-refractivity contribution is 0.0688. The molecular weight excluding hydrogens is 349 g/mol. The van der Waals surface area contributed by atoms with Crippen LogP contribution < -0.4 is 16.1 Å². The van der Waals surface area contributed by atoms with E-state index >= 15 is 0 Å². The van der Waals surface area contributed by atoms with Gasteiger partial charge in [0.15, 0.2) is 0 Å². The van der Waals surface area contributed by atoms with Crippen molar-refractivity contribution >= 4 is 34.3 Å². The molecule has 2 atom stereocenters. The average Bonchev–Trinajstić information content (AvgIpc) is 2.96. The third-order valence-electron chi connectivity index (χ3n) is 4.70. The summed E-state index contributed by atoms with van der Waals surface area (Å²) >= 11 is 1.13. The summed E-state index contributed by atoms with van der Waals surface area (Å²) in [6.07, 6.45) is 0.753. The topological polar surface area (TPSA) is 109 Å². The summed E-state index contributed by atoms with van der Waals surface area (Å²) in [5.74, 6) is -1.93. The van der Waals surface area contributed by atoms with Crippen LogP contribution in [-0.2, 0) is 0 Å². The zero-order valence-corrected chi connectivity index (χ0v) is 13.9. The van der Waals surface area contributed by atoms with Crippen LogP contribution in [-0.4, -0.2) is 46.5 Å². The maximum atomic E-state index is 14.6. The molecule has 4 N–H and O–H groups in total. The fourth-order valence-electron chi connectivity index (χ4n) is 3.48. The Balaban J connectivity index is 1.99. The molecule has 0 spiro atoms. The highest BCUT2D eigenvalue weighted by atomic mass is 32.2. The molecule has 1 aromatic carbocycles. The Kier molecular flexibility index (Phi) is 3.75. The molecule has 2 aliphatic rings. The number of halogens is 1. The summed E-state index contributed by atoms with van der Waals surface area (Å²) in [7, 11) is 0. The molecule has 1 saturated heterocycles. The van der Waals surface area contributed by atoms with Gasteiger partial charge in [0.2, 0.25) is 5.43 Å². The van der Waals surface area contributed by atoms with E-state index in [1.807, 2.05) is 4.90 Å². The number of benzene rings is 1. The van der Waals surface area contributed by atoms with Crippen molar-refractivity contribution in [1.29, 1.82) is 0 Å². The van der Waals surface area contributed by atoms with Crippen LogP contribution in [0.4, 0.5) is 10.1 Å². The van der Waals surface area contributed by atoms with E-state index < -0.39 is 22.6 Å². The van der Waals surface area contributed by atoms with Gasteiger partial charge in [-0.15, -0.1) is 0 Å². The standard InChI is InChI=1S/C16H16FN3O4S/c17-9-3-8-10(4-11(9)19-2-1-7(18)5-19)20-12(6-21)25-15(20)13(14(8)22)16(23)24/h3-4,7,12,21H,1-2,5-6,18H2,(H,23,24). The van der Waals surface area contributed by atoms with Crippen LogP contribution in [0.25, 0.3) is 10.9 Å². The van der Waals surface area contributed by atoms with Crippen LogP contribution in [0.5, 0.6) is 0 Å². The van der Waals surface area contributed by atoms with Gasteiger partial charge in [-0.25, -0.2) is 9.18 Å². The lowest BCUT2D eigenvalue weighted by atomic mass is 10.1. The first-order valence-electron chi connectivity index (χ1n) is 7.85. The molecule has 9 heteroatoms. The quantitative estimate of drug-likeness (QED) is 0.744. The number of aromatic carboxylic acids is 1. The number of carbonyl (C=O) groups is 1. The number of nitrogens with zero attached hydrogens (tertiary/aromatic N) is 2. The van der Waals surface area contributed by atoms with Gasteiger partial charge in [0.25, 0.3) is 0 Å². The van der Waals surface area contributed by atoms with E-state index in [0.717, 1.165) is 24.2 Å². The number of pyridine rings is 1. The number of thioether (sulfide) groups is 1. The van der Waals surface area contributed by atoms with Crippen molar-refractivity contribution < 1.29 is 19.4 Å². The molecule has 132 valence electrons. The molecule has 25 heavy (non-hydrogen) atoms. The van der Waals surface area contributed by atoms with Crippen molar-refractivity contribution in [3.63, 3.8) is 0 Å². The monoisotopic (exact) mass is 365 g/mol.